The van der Waals surface area contributed by atoms with Crippen LogP contribution in [0.25, 0.3) is 5.65 Å². The summed E-state index contributed by atoms with van der Waals surface area (Å²) >= 11 is 3.42. The van der Waals surface area contributed by atoms with Crippen LogP contribution in [0.1, 0.15) is 21.6 Å². The van der Waals surface area contributed by atoms with Crippen molar-refractivity contribution in [2.45, 2.75) is 13.5 Å². The maximum atomic E-state index is 12.2. The number of nitrogens with zero attached hydrogens (tertiary/aromatic N) is 2. The molecule has 0 bridgehead atoms. The van der Waals surface area contributed by atoms with Gasteiger partial charge in [0.15, 0.2) is 0 Å². The summed E-state index contributed by atoms with van der Waals surface area (Å²) in [6, 6.07) is 11.4. The zero-order valence-corrected chi connectivity index (χ0v) is 13.1. The fourth-order valence-electron chi connectivity index (χ4n) is 2.20. The molecule has 0 aliphatic rings. The van der Waals surface area contributed by atoms with Crippen LogP contribution in [0.5, 0.6) is 0 Å². The Morgan fingerprint density at radius 2 is 2.05 bits per heavy atom. The minimum absolute atomic E-state index is 0.0775. The fraction of sp³-hybridized carbons (Fsp3) is 0.125. The second kappa shape index (κ2) is 5.69. The van der Waals surface area contributed by atoms with Crippen LogP contribution < -0.4 is 5.32 Å². The van der Waals surface area contributed by atoms with Gasteiger partial charge in [0.25, 0.3) is 5.91 Å². The molecule has 0 saturated carbocycles. The first-order valence-corrected chi connectivity index (χ1v) is 7.40. The molecular formula is C16H14BrN3O. The normalized spacial score (nSPS) is 10.8. The SMILES string of the molecule is Cc1ccccc1C(=O)NCc1cn2cc(Br)ccc2n1. The Hall–Kier alpha value is -2.14. The third-order valence-electron chi connectivity index (χ3n) is 3.28. The van der Waals surface area contributed by atoms with Crippen LogP contribution in [0, 0.1) is 6.92 Å². The predicted octanol–water partition coefficient (Wildman–Crippen LogP) is 3.34. The number of hydrogen-bond donors (Lipinski definition) is 1. The first kappa shape index (κ1) is 13.8. The van der Waals surface area contributed by atoms with E-state index in [9.17, 15) is 4.79 Å². The number of pyridine rings is 1. The molecule has 5 heteroatoms. The molecule has 1 N–H and O–H groups in total. The number of carbonyl (C=O) groups is 1. The number of halogens is 1. The second-order valence-corrected chi connectivity index (χ2v) is 5.76. The lowest BCUT2D eigenvalue weighted by molar-refractivity contribution is 0.0950. The molecule has 2 heterocycles. The number of amides is 1. The Kier molecular flexibility index (Phi) is 3.75. The lowest BCUT2D eigenvalue weighted by atomic mass is 10.1. The zero-order chi connectivity index (χ0) is 14.8. The van der Waals surface area contributed by atoms with Crippen molar-refractivity contribution in [2.24, 2.45) is 0 Å². The fourth-order valence-corrected chi connectivity index (χ4v) is 2.55. The highest BCUT2D eigenvalue weighted by molar-refractivity contribution is 9.10. The Morgan fingerprint density at radius 3 is 2.86 bits per heavy atom. The zero-order valence-electron chi connectivity index (χ0n) is 11.5. The molecule has 0 atom stereocenters. The van der Waals surface area contributed by atoms with Crippen LogP contribution in [-0.2, 0) is 6.54 Å². The molecule has 3 rings (SSSR count). The molecular weight excluding hydrogens is 330 g/mol. The summed E-state index contributed by atoms with van der Waals surface area (Å²) in [4.78, 5) is 16.6. The summed E-state index contributed by atoms with van der Waals surface area (Å²) in [6.07, 6.45) is 3.85. The first-order valence-electron chi connectivity index (χ1n) is 6.60. The van der Waals surface area contributed by atoms with Gasteiger partial charge in [0, 0.05) is 22.4 Å². The summed E-state index contributed by atoms with van der Waals surface area (Å²) in [5.41, 5.74) is 3.35. The van der Waals surface area contributed by atoms with Gasteiger partial charge in [-0.15, -0.1) is 0 Å². The van der Waals surface area contributed by atoms with E-state index in [1.807, 2.05) is 60.1 Å². The number of rotatable bonds is 3. The van der Waals surface area contributed by atoms with Gasteiger partial charge in [-0.3, -0.25) is 4.79 Å². The molecule has 0 fully saturated rings. The lowest BCUT2D eigenvalue weighted by Crippen LogP contribution is -2.23. The van der Waals surface area contributed by atoms with Crippen molar-refractivity contribution in [3.8, 4) is 0 Å². The number of aryl methyl sites for hydroxylation is 1. The molecule has 2 aromatic heterocycles. The van der Waals surface area contributed by atoms with E-state index in [4.69, 9.17) is 0 Å². The Balaban J connectivity index is 1.74. The molecule has 1 amide bonds. The van der Waals surface area contributed by atoms with Crippen molar-refractivity contribution in [3.63, 3.8) is 0 Å². The van der Waals surface area contributed by atoms with Crippen molar-refractivity contribution in [3.05, 3.63) is 70.1 Å². The van der Waals surface area contributed by atoms with Gasteiger partial charge < -0.3 is 9.72 Å². The smallest absolute Gasteiger partial charge is 0.251 e. The number of benzene rings is 1. The lowest BCUT2D eigenvalue weighted by Gasteiger charge is -2.05. The van der Waals surface area contributed by atoms with Crippen LogP contribution in [0.2, 0.25) is 0 Å². The van der Waals surface area contributed by atoms with E-state index in [2.05, 4.69) is 26.2 Å². The molecule has 0 radical (unpaired) electrons. The van der Waals surface area contributed by atoms with E-state index in [1.165, 1.54) is 0 Å². The minimum atomic E-state index is -0.0775. The summed E-state index contributed by atoms with van der Waals surface area (Å²) < 4.78 is 2.92. The van der Waals surface area contributed by atoms with E-state index in [0.717, 1.165) is 21.4 Å². The Labute approximate surface area is 131 Å². The van der Waals surface area contributed by atoms with Crippen LogP contribution in [0.15, 0.2) is 53.3 Å². The van der Waals surface area contributed by atoms with E-state index < -0.39 is 0 Å². The van der Waals surface area contributed by atoms with Gasteiger partial charge >= 0.3 is 0 Å². The maximum Gasteiger partial charge on any atom is 0.251 e. The average Bonchev–Trinajstić information content (AvgIpc) is 2.87. The van der Waals surface area contributed by atoms with Crippen molar-refractivity contribution in [2.75, 3.05) is 0 Å². The predicted molar refractivity (Wildman–Crippen MR) is 85.2 cm³/mol. The summed E-state index contributed by atoms with van der Waals surface area (Å²) in [5.74, 6) is -0.0775. The van der Waals surface area contributed by atoms with Crippen LogP contribution in [0.3, 0.4) is 0 Å². The highest BCUT2D eigenvalue weighted by Crippen LogP contribution is 2.13. The highest BCUT2D eigenvalue weighted by atomic mass is 79.9. The van der Waals surface area contributed by atoms with E-state index >= 15 is 0 Å². The number of nitrogens with one attached hydrogen (secondary N) is 1. The summed E-state index contributed by atoms with van der Waals surface area (Å²) in [5, 5.41) is 2.91. The quantitative estimate of drug-likeness (QED) is 0.792. The molecule has 0 spiro atoms. The minimum Gasteiger partial charge on any atom is -0.346 e. The highest BCUT2D eigenvalue weighted by Gasteiger charge is 2.09. The molecule has 0 aliphatic heterocycles. The molecule has 106 valence electrons. The third-order valence-corrected chi connectivity index (χ3v) is 3.75. The average molecular weight is 344 g/mol. The molecule has 3 aromatic rings. The largest absolute Gasteiger partial charge is 0.346 e. The standard InChI is InChI=1S/C16H14BrN3O/c1-11-4-2-3-5-14(11)16(21)18-8-13-10-20-9-12(17)6-7-15(20)19-13/h2-7,9-10H,8H2,1H3,(H,18,21). The first-order chi connectivity index (χ1) is 10.1. The third kappa shape index (κ3) is 2.97. The number of aromatic nitrogens is 2. The summed E-state index contributed by atoms with van der Waals surface area (Å²) in [6.45, 7) is 2.34. The summed E-state index contributed by atoms with van der Waals surface area (Å²) in [7, 11) is 0. The molecule has 0 saturated heterocycles. The van der Waals surface area contributed by atoms with Crippen LogP contribution in [-0.4, -0.2) is 15.3 Å². The van der Waals surface area contributed by atoms with Gasteiger partial charge in [-0.25, -0.2) is 4.98 Å². The van der Waals surface area contributed by atoms with Crippen molar-refractivity contribution < 1.29 is 4.79 Å². The van der Waals surface area contributed by atoms with Crippen molar-refractivity contribution in [1.82, 2.24) is 14.7 Å². The Bertz CT molecular complexity index is 810. The topological polar surface area (TPSA) is 46.4 Å². The number of carbonyl (C=O) groups excluding carboxylic acids is 1. The van der Waals surface area contributed by atoms with Crippen molar-refractivity contribution in [1.29, 1.82) is 0 Å². The van der Waals surface area contributed by atoms with Gasteiger partial charge in [-0.2, -0.15) is 0 Å². The van der Waals surface area contributed by atoms with E-state index in [1.54, 1.807) is 0 Å². The number of imidazole rings is 1. The molecule has 0 aliphatic carbocycles. The van der Waals surface area contributed by atoms with Crippen LogP contribution in [0.4, 0.5) is 0 Å². The van der Waals surface area contributed by atoms with E-state index in [0.29, 0.717) is 12.1 Å². The second-order valence-electron chi connectivity index (χ2n) is 4.84. The van der Waals surface area contributed by atoms with Gasteiger partial charge in [0.2, 0.25) is 0 Å². The van der Waals surface area contributed by atoms with Crippen molar-refractivity contribution >= 4 is 27.5 Å². The number of fused-ring (bicyclic) bond motifs is 1. The maximum absolute atomic E-state index is 12.2. The molecule has 1 aromatic carbocycles. The van der Waals surface area contributed by atoms with Gasteiger partial charge in [0.05, 0.1) is 12.2 Å². The molecule has 4 nitrogen and oxygen atoms in total. The van der Waals surface area contributed by atoms with E-state index in [-0.39, 0.29) is 5.91 Å². The van der Waals surface area contributed by atoms with Crippen LogP contribution >= 0.6 is 15.9 Å². The van der Waals surface area contributed by atoms with Gasteiger partial charge in [0.1, 0.15) is 5.65 Å². The van der Waals surface area contributed by atoms with Gasteiger partial charge in [-0.05, 0) is 46.6 Å². The number of hydrogen-bond acceptors (Lipinski definition) is 2. The monoisotopic (exact) mass is 343 g/mol. The molecule has 21 heavy (non-hydrogen) atoms. The molecule has 0 unspecified atom stereocenters. The van der Waals surface area contributed by atoms with Gasteiger partial charge in [-0.1, -0.05) is 18.2 Å². The Morgan fingerprint density at radius 1 is 1.24 bits per heavy atom.